The van der Waals surface area contributed by atoms with Crippen molar-refractivity contribution in [2.24, 2.45) is 0 Å². The Hall–Kier alpha value is -1.23. The van der Waals surface area contributed by atoms with Gasteiger partial charge in [-0.15, -0.1) is 0 Å². The summed E-state index contributed by atoms with van der Waals surface area (Å²) < 4.78 is 23.8. The van der Waals surface area contributed by atoms with Gasteiger partial charge in [0.25, 0.3) is 0 Å². The fraction of sp³-hybridized carbons (Fsp3) is 0.400. The molecule has 1 aromatic carbocycles. The highest BCUT2D eigenvalue weighted by molar-refractivity contribution is 7.93. The van der Waals surface area contributed by atoms with E-state index in [0.717, 1.165) is 12.8 Å². The van der Waals surface area contributed by atoms with E-state index in [-0.39, 0.29) is 10.6 Å². The lowest BCUT2D eigenvalue weighted by molar-refractivity contribution is 0.474. The number of sulfone groups is 1. The van der Waals surface area contributed by atoms with Gasteiger partial charge in [-0.1, -0.05) is 6.07 Å². The monoisotopic (exact) mass is 225 g/mol. The van der Waals surface area contributed by atoms with Crippen molar-refractivity contribution >= 4 is 15.5 Å². The Bertz CT molecular complexity index is 532. The van der Waals surface area contributed by atoms with Crippen molar-refractivity contribution in [2.45, 2.75) is 22.5 Å². The van der Waals surface area contributed by atoms with E-state index in [1.807, 2.05) is 0 Å². The molecule has 0 saturated heterocycles. The van der Waals surface area contributed by atoms with E-state index in [1.54, 1.807) is 12.1 Å². The smallest absolute Gasteiger partial charge is 0.187 e. The molecule has 1 saturated carbocycles. The van der Waals surface area contributed by atoms with Crippen molar-refractivity contribution in [3.63, 3.8) is 0 Å². The van der Waals surface area contributed by atoms with Crippen molar-refractivity contribution in [1.29, 1.82) is 0 Å². The number of anilines is 1. The lowest BCUT2D eigenvalue weighted by Gasteiger charge is -2.26. The third-order valence-electron chi connectivity index (χ3n) is 3.26. The minimum absolute atomic E-state index is 0.00609. The van der Waals surface area contributed by atoms with Crippen LogP contribution in [0.5, 0.6) is 5.75 Å². The second-order valence-corrected chi connectivity index (χ2v) is 6.50. The number of aromatic hydroxyl groups is 1. The molecule has 2 aliphatic rings. The standard InChI is InChI=1S/C10H11NO3S/c12-7-2-1-3-8-9(7)11-6-10(4-5-10)15(8,13)14/h1-3,11-12H,4-6H2. The molecule has 0 aromatic heterocycles. The zero-order chi connectivity index (χ0) is 10.7. The molecule has 1 aromatic rings. The molecule has 0 amide bonds. The number of phenols is 1. The first kappa shape index (κ1) is 9.03. The molecular formula is C10H11NO3S. The van der Waals surface area contributed by atoms with Crippen molar-refractivity contribution in [2.75, 3.05) is 11.9 Å². The van der Waals surface area contributed by atoms with Crippen molar-refractivity contribution in [3.8, 4) is 5.75 Å². The largest absolute Gasteiger partial charge is 0.506 e. The molecule has 1 aliphatic carbocycles. The average Bonchev–Trinajstić information content (AvgIpc) is 2.95. The minimum Gasteiger partial charge on any atom is -0.506 e. The fourth-order valence-corrected chi connectivity index (χ4v) is 4.16. The summed E-state index contributed by atoms with van der Waals surface area (Å²) in [5.41, 5.74) is 0.357. The van der Waals surface area contributed by atoms with Crippen LogP contribution in [0.15, 0.2) is 23.1 Å². The van der Waals surface area contributed by atoms with Crippen molar-refractivity contribution < 1.29 is 13.5 Å². The molecule has 2 N–H and O–H groups in total. The molecule has 0 bridgehead atoms. The summed E-state index contributed by atoms with van der Waals surface area (Å²) >= 11 is 0. The molecule has 80 valence electrons. The van der Waals surface area contributed by atoms with Crippen LogP contribution in [0.2, 0.25) is 0 Å². The number of rotatable bonds is 0. The second kappa shape index (κ2) is 2.47. The first-order valence-electron chi connectivity index (χ1n) is 4.87. The van der Waals surface area contributed by atoms with Crippen LogP contribution >= 0.6 is 0 Å². The van der Waals surface area contributed by atoms with Crippen LogP contribution < -0.4 is 5.32 Å². The Labute approximate surface area is 87.8 Å². The Balaban J connectivity index is 2.29. The second-order valence-electron chi connectivity index (χ2n) is 4.19. The molecule has 0 radical (unpaired) electrons. The predicted molar refractivity (Wildman–Crippen MR) is 55.7 cm³/mol. The van der Waals surface area contributed by atoms with Gasteiger partial charge in [0.2, 0.25) is 0 Å². The van der Waals surface area contributed by atoms with Crippen molar-refractivity contribution in [3.05, 3.63) is 18.2 Å². The van der Waals surface area contributed by atoms with Gasteiger partial charge in [0.1, 0.15) is 5.75 Å². The molecule has 1 heterocycles. The molecule has 3 rings (SSSR count). The van der Waals surface area contributed by atoms with E-state index in [2.05, 4.69) is 5.32 Å². The van der Waals surface area contributed by atoms with E-state index in [0.29, 0.717) is 12.2 Å². The van der Waals surface area contributed by atoms with E-state index in [9.17, 15) is 13.5 Å². The Morgan fingerprint density at radius 2 is 2.07 bits per heavy atom. The molecule has 1 aliphatic heterocycles. The van der Waals surface area contributed by atoms with Gasteiger partial charge in [-0.25, -0.2) is 8.42 Å². The molecule has 4 nitrogen and oxygen atoms in total. The maximum atomic E-state index is 12.2. The fourth-order valence-electron chi connectivity index (χ4n) is 2.08. The van der Waals surface area contributed by atoms with Crippen LogP contribution in [0.4, 0.5) is 5.69 Å². The van der Waals surface area contributed by atoms with Crippen LogP contribution in [-0.4, -0.2) is 24.8 Å². The summed E-state index contributed by atoms with van der Waals surface area (Å²) in [5.74, 6) is 0.00609. The Morgan fingerprint density at radius 3 is 2.73 bits per heavy atom. The van der Waals surface area contributed by atoms with Crippen LogP contribution in [0.3, 0.4) is 0 Å². The van der Waals surface area contributed by atoms with E-state index < -0.39 is 14.6 Å². The number of hydrogen-bond acceptors (Lipinski definition) is 4. The van der Waals surface area contributed by atoms with Gasteiger partial charge in [-0.05, 0) is 25.0 Å². The predicted octanol–water partition coefficient (Wildman–Crippen LogP) is 1.12. The van der Waals surface area contributed by atoms with Gasteiger partial charge in [-0.3, -0.25) is 0 Å². The Kier molecular flexibility index (Phi) is 1.49. The number of fused-ring (bicyclic) bond motifs is 1. The molecule has 1 fully saturated rings. The van der Waals surface area contributed by atoms with Gasteiger partial charge in [0.05, 0.1) is 15.3 Å². The number of benzene rings is 1. The highest BCUT2D eigenvalue weighted by Crippen LogP contribution is 2.52. The van der Waals surface area contributed by atoms with Gasteiger partial charge >= 0.3 is 0 Å². The molecule has 5 heteroatoms. The third-order valence-corrected chi connectivity index (χ3v) is 5.87. The summed E-state index contributed by atoms with van der Waals surface area (Å²) in [6, 6.07) is 4.61. The molecule has 1 spiro atoms. The maximum Gasteiger partial charge on any atom is 0.187 e. The summed E-state index contributed by atoms with van der Waals surface area (Å²) in [5, 5.41) is 12.6. The van der Waals surface area contributed by atoms with Crippen LogP contribution in [-0.2, 0) is 9.84 Å². The SMILES string of the molecule is O=S1(=O)c2cccc(O)c2NCC12CC2. The molecular weight excluding hydrogens is 214 g/mol. The Morgan fingerprint density at radius 1 is 1.33 bits per heavy atom. The van der Waals surface area contributed by atoms with Crippen LogP contribution in [0.25, 0.3) is 0 Å². The van der Waals surface area contributed by atoms with E-state index in [1.165, 1.54) is 6.07 Å². The number of nitrogens with one attached hydrogen (secondary N) is 1. The lowest BCUT2D eigenvalue weighted by Crippen LogP contribution is -2.36. The van der Waals surface area contributed by atoms with Gasteiger partial charge in [-0.2, -0.15) is 0 Å². The molecule has 0 unspecified atom stereocenters. The van der Waals surface area contributed by atoms with Crippen LogP contribution in [0, 0.1) is 0 Å². The van der Waals surface area contributed by atoms with E-state index >= 15 is 0 Å². The third kappa shape index (κ3) is 0.985. The zero-order valence-corrected chi connectivity index (χ0v) is 8.84. The summed E-state index contributed by atoms with van der Waals surface area (Å²) in [7, 11) is -3.25. The highest BCUT2D eigenvalue weighted by Gasteiger charge is 2.57. The van der Waals surface area contributed by atoms with Gasteiger partial charge < -0.3 is 10.4 Å². The summed E-state index contributed by atoms with van der Waals surface area (Å²) in [6.07, 6.45) is 1.44. The van der Waals surface area contributed by atoms with Crippen LogP contribution in [0.1, 0.15) is 12.8 Å². The summed E-state index contributed by atoms with van der Waals surface area (Å²) in [4.78, 5) is 0.242. The maximum absolute atomic E-state index is 12.2. The van der Waals surface area contributed by atoms with Crippen molar-refractivity contribution in [1.82, 2.24) is 0 Å². The number of hydrogen-bond donors (Lipinski definition) is 2. The average molecular weight is 225 g/mol. The van der Waals surface area contributed by atoms with E-state index in [4.69, 9.17) is 0 Å². The first-order chi connectivity index (χ1) is 7.07. The first-order valence-corrected chi connectivity index (χ1v) is 6.36. The topological polar surface area (TPSA) is 66.4 Å². The lowest BCUT2D eigenvalue weighted by atomic mass is 10.2. The summed E-state index contributed by atoms with van der Waals surface area (Å²) in [6.45, 7) is 0.417. The minimum atomic E-state index is -3.25. The molecule has 0 atom stereocenters. The van der Waals surface area contributed by atoms with Gasteiger partial charge in [0.15, 0.2) is 9.84 Å². The number of para-hydroxylation sites is 1. The number of phenolic OH excluding ortho intramolecular Hbond substituents is 1. The highest BCUT2D eigenvalue weighted by atomic mass is 32.2. The van der Waals surface area contributed by atoms with Gasteiger partial charge in [0, 0.05) is 6.54 Å². The normalized spacial score (nSPS) is 24.3. The molecule has 15 heavy (non-hydrogen) atoms. The quantitative estimate of drug-likeness (QED) is 0.649. The zero-order valence-electron chi connectivity index (χ0n) is 8.03.